The molecule has 3 atom stereocenters. The molecule has 1 saturated heterocycles. The summed E-state index contributed by atoms with van der Waals surface area (Å²) in [4.78, 5) is 22.9. The zero-order valence-electron chi connectivity index (χ0n) is 10.2. The fourth-order valence-electron chi connectivity index (χ4n) is 1.67. The van der Waals surface area contributed by atoms with Gasteiger partial charge in [-0.25, -0.2) is 4.79 Å². The number of nitrogens with one attached hydrogen (secondary N) is 2. The van der Waals surface area contributed by atoms with Crippen molar-refractivity contribution in [3.05, 3.63) is 0 Å². The molecule has 1 aliphatic heterocycles. The van der Waals surface area contributed by atoms with Crippen LogP contribution >= 0.6 is 0 Å². The Hall–Kier alpha value is -1.14. The molecule has 1 rings (SSSR count). The fraction of sp³-hybridized carbons (Fsp3) is 0.818. The summed E-state index contributed by atoms with van der Waals surface area (Å²) in [7, 11) is 0. The number of carbonyl (C=O) groups is 2. The zero-order chi connectivity index (χ0) is 12.8. The summed E-state index contributed by atoms with van der Waals surface area (Å²) >= 11 is 0. The number of ether oxygens (including phenoxy) is 1. The Labute approximate surface area is 101 Å². The van der Waals surface area contributed by atoms with Crippen LogP contribution in [0.3, 0.4) is 0 Å². The van der Waals surface area contributed by atoms with Gasteiger partial charge >= 0.3 is 5.97 Å². The normalized spacial score (nSPS) is 23.8. The molecule has 6 nitrogen and oxygen atoms in total. The van der Waals surface area contributed by atoms with E-state index in [4.69, 9.17) is 9.84 Å². The molecule has 0 radical (unpaired) electrons. The third-order valence-electron chi connectivity index (χ3n) is 3.01. The van der Waals surface area contributed by atoms with Gasteiger partial charge in [0, 0.05) is 6.54 Å². The van der Waals surface area contributed by atoms with E-state index in [2.05, 4.69) is 10.6 Å². The quantitative estimate of drug-likeness (QED) is 0.612. The topological polar surface area (TPSA) is 87.7 Å². The van der Waals surface area contributed by atoms with Crippen molar-refractivity contribution in [1.29, 1.82) is 0 Å². The highest BCUT2D eigenvalue weighted by atomic mass is 16.5. The minimum atomic E-state index is -0.996. The lowest BCUT2D eigenvalue weighted by Crippen LogP contribution is -2.56. The van der Waals surface area contributed by atoms with E-state index in [1.165, 1.54) is 0 Å². The maximum absolute atomic E-state index is 11.8. The maximum Gasteiger partial charge on any atom is 0.326 e. The van der Waals surface area contributed by atoms with E-state index in [0.29, 0.717) is 26.2 Å². The molecular formula is C11H20N2O4. The van der Waals surface area contributed by atoms with Gasteiger partial charge in [0.1, 0.15) is 12.1 Å². The average molecular weight is 244 g/mol. The Morgan fingerprint density at radius 3 is 2.76 bits per heavy atom. The Kier molecular flexibility index (Phi) is 5.37. The molecule has 17 heavy (non-hydrogen) atoms. The summed E-state index contributed by atoms with van der Waals surface area (Å²) in [5, 5.41) is 14.6. The highest BCUT2D eigenvalue weighted by Crippen LogP contribution is 2.08. The lowest BCUT2D eigenvalue weighted by molar-refractivity contribution is -0.144. The summed E-state index contributed by atoms with van der Waals surface area (Å²) in [6.07, 6.45) is 0.700. The molecule has 1 fully saturated rings. The van der Waals surface area contributed by atoms with Crippen LogP contribution in [-0.4, -0.2) is 48.8 Å². The van der Waals surface area contributed by atoms with Gasteiger partial charge in [-0.3, -0.25) is 4.79 Å². The van der Waals surface area contributed by atoms with E-state index in [-0.39, 0.29) is 11.8 Å². The monoisotopic (exact) mass is 244 g/mol. The molecule has 0 spiro atoms. The highest BCUT2D eigenvalue weighted by molar-refractivity contribution is 5.87. The van der Waals surface area contributed by atoms with Gasteiger partial charge in [0.05, 0.1) is 13.2 Å². The van der Waals surface area contributed by atoms with E-state index in [9.17, 15) is 9.59 Å². The van der Waals surface area contributed by atoms with Crippen LogP contribution in [0, 0.1) is 5.92 Å². The van der Waals surface area contributed by atoms with Gasteiger partial charge in [-0.05, 0) is 5.92 Å². The molecule has 0 aromatic carbocycles. The number of carbonyl (C=O) groups excluding carboxylic acids is 1. The number of amides is 1. The van der Waals surface area contributed by atoms with Crippen LogP contribution in [0.4, 0.5) is 0 Å². The smallest absolute Gasteiger partial charge is 0.326 e. The van der Waals surface area contributed by atoms with Gasteiger partial charge < -0.3 is 20.5 Å². The number of aliphatic carboxylic acids is 1. The van der Waals surface area contributed by atoms with Crippen LogP contribution in [0.1, 0.15) is 20.3 Å². The van der Waals surface area contributed by atoms with Crippen molar-refractivity contribution < 1.29 is 19.4 Å². The second-order valence-electron chi connectivity index (χ2n) is 4.29. The molecule has 6 heteroatoms. The van der Waals surface area contributed by atoms with Gasteiger partial charge in [0.2, 0.25) is 5.91 Å². The van der Waals surface area contributed by atoms with Gasteiger partial charge in [-0.15, -0.1) is 0 Å². The Balaban J connectivity index is 2.53. The van der Waals surface area contributed by atoms with Crippen molar-refractivity contribution in [3.8, 4) is 0 Å². The molecule has 0 aromatic rings. The molecule has 0 aliphatic carbocycles. The zero-order valence-corrected chi connectivity index (χ0v) is 10.2. The van der Waals surface area contributed by atoms with E-state index >= 15 is 0 Å². The van der Waals surface area contributed by atoms with Crippen LogP contribution in [0.15, 0.2) is 0 Å². The predicted molar refractivity (Wildman–Crippen MR) is 61.6 cm³/mol. The number of rotatable bonds is 5. The molecule has 0 bridgehead atoms. The van der Waals surface area contributed by atoms with E-state index < -0.39 is 18.1 Å². The van der Waals surface area contributed by atoms with Gasteiger partial charge in [0.15, 0.2) is 0 Å². The number of carboxylic acids is 1. The molecule has 1 aliphatic rings. The third-order valence-corrected chi connectivity index (χ3v) is 3.01. The predicted octanol–water partition coefficient (Wildman–Crippen LogP) is -0.410. The summed E-state index contributed by atoms with van der Waals surface area (Å²) in [6, 6.07) is -1.29. The molecule has 0 aromatic heterocycles. The lowest BCUT2D eigenvalue weighted by atomic mass is 9.99. The maximum atomic E-state index is 11.8. The van der Waals surface area contributed by atoms with E-state index in [1.54, 1.807) is 0 Å². The lowest BCUT2D eigenvalue weighted by Gasteiger charge is -2.26. The molecule has 2 unspecified atom stereocenters. The highest BCUT2D eigenvalue weighted by Gasteiger charge is 2.29. The summed E-state index contributed by atoms with van der Waals surface area (Å²) in [5.41, 5.74) is 0. The van der Waals surface area contributed by atoms with Gasteiger partial charge in [-0.1, -0.05) is 20.3 Å². The Bertz CT molecular complexity index is 277. The minimum Gasteiger partial charge on any atom is -0.480 e. The van der Waals surface area contributed by atoms with Crippen LogP contribution in [-0.2, 0) is 14.3 Å². The Morgan fingerprint density at radius 1 is 1.59 bits per heavy atom. The van der Waals surface area contributed by atoms with Crippen molar-refractivity contribution in [3.63, 3.8) is 0 Å². The number of morpholine rings is 1. The van der Waals surface area contributed by atoms with Crippen molar-refractivity contribution in [2.24, 2.45) is 5.92 Å². The molecule has 1 heterocycles. The summed E-state index contributed by atoms with van der Waals surface area (Å²) < 4.78 is 5.16. The molecule has 0 saturated carbocycles. The third kappa shape index (κ3) is 3.98. The van der Waals surface area contributed by atoms with E-state index in [0.717, 1.165) is 0 Å². The average Bonchev–Trinajstić information content (AvgIpc) is 2.35. The summed E-state index contributed by atoms with van der Waals surface area (Å²) in [6.45, 7) is 5.19. The molecule has 98 valence electrons. The first kappa shape index (κ1) is 13.9. The minimum absolute atomic E-state index is 0.0963. The largest absolute Gasteiger partial charge is 0.480 e. The Morgan fingerprint density at radius 2 is 2.29 bits per heavy atom. The van der Waals surface area contributed by atoms with Crippen LogP contribution < -0.4 is 10.6 Å². The van der Waals surface area contributed by atoms with Crippen LogP contribution in [0.2, 0.25) is 0 Å². The first-order chi connectivity index (χ1) is 8.06. The van der Waals surface area contributed by atoms with Crippen molar-refractivity contribution in [2.75, 3.05) is 19.8 Å². The molecular weight excluding hydrogens is 224 g/mol. The first-order valence-corrected chi connectivity index (χ1v) is 5.90. The fourth-order valence-corrected chi connectivity index (χ4v) is 1.67. The second-order valence-corrected chi connectivity index (χ2v) is 4.29. The summed E-state index contributed by atoms with van der Waals surface area (Å²) in [5.74, 6) is -1.40. The van der Waals surface area contributed by atoms with E-state index in [1.807, 2.05) is 13.8 Å². The van der Waals surface area contributed by atoms with Crippen molar-refractivity contribution >= 4 is 11.9 Å². The van der Waals surface area contributed by atoms with Crippen molar-refractivity contribution in [1.82, 2.24) is 10.6 Å². The molecule has 3 N–H and O–H groups in total. The number of carboxylic acid groups (broad SMARTS) is 1. The molecule has 1 amide bonds. The van der Waals surface area contributed by atoms with Gasteiger partial charge in [0.25, 0.3) is 0 Å². The second kappa shape index (κ2) is 6.56. The first-order valence-electron chi connectivity index (χ1n) is 5.90. The number of hydrogen-bond donors (Lipinski definition) is 3. The van der Waals surface area contributed by atoms with Crippen LogP contribution in [0.5, 0.6) is 0 Å². The standard InChI is InChI=1S/C11H20N2O4/c1-3-7(2)9(11(15)16)13-10(14)8-6-17-5-4-12-8/h7-9,12H,3-6H2,1-2H3,(H,13,14)(H,15,16)/t7?,8?,9-/m0/s1. The van der Waals surface area contributed by atoms with Crippen LogP contribution in [0.25, 0.3) is 0 Å². The SMILES string of the molecule is CCC(C)[C@H](NC(=O)C1COCCN1)C(=O)O. The van der Waals surface area contributed by atoms with Gasteiger partial charge in [-0.2, -0.15) is 0 Å². The van der Waals surface area contributed by atoms with Crippen molar-refractivity contribution in [2.45, 2.75) is 32.4 Å². The number of hydrogen-bond acceptors (Lipinski definition) is 4.